The standard InChI is InChI=1S/C7H8.C4H10.4CH4/c1-7-5-3-2-4-6-7;1-3-4-2;;;;/h2-6H,1H3;3-4H2,1-2H3;4*1H4. The molecule has 94 valence electrons. The van der Waals surface area contributed by atoms with E-state index in [0.29, 0.717) is 0 Å². The van der Waals surface area contributed by atoms with Crippen molar-refractivity contribution in [2.24, 2.45) is 0 Å². The number of hydrogen-bond acceptors (Lipinski definition) is 0. The molecule has 0 heteroatoms. The Morgan fingerprint density at radius 3 is 1.20 bits per heavy atom. The molecular weight excluding hydrogens is 180 g/mol. The van der Waals surface area contributed by atoms with Gasteiger partial charge in [0.15, 0.2) is 0 Å². The van der Waals surface area contributed by atoms with Crippen LogP contribution in [0.5, 0.6) is 0 Å². The first-order valence-electron chi connectivity index (χ1n) is 4.32. The molecule has 0 spiro atoms. The molecule has 0 unspecified atom stereocenters. The predicted octanol–water partition coefficient (Wildman–Crippen LogP) is 6.35. The van der Waals surface area contributed by atoms with Gasteiger partial charge in [-0.1, -0.05) is 92.3 Å². The van der Waals surface area contributed by atoms with Crippen LogP contribution in [0.15, 0.2) is 30.3 Å². The summed E-state index contributed by atoms with van der Waals surface area (Å²) in [6, 6.07) is 10.3. The maximum Gasteiger partial charge on any atom is -0.0398 e. The van der Waals surface area contributed by atoms with Crippen LogP contribution in [0, 0.1) is 6.92 Å². The third-order valence-corrected chi connectivity index (χ3v) is 1.44. The van der Waals surface area contributed by atoms with E-state index in [1.54, 1.807) is 0 Å². The first kappa shape index (κ1) is 29.2. The second-order valence-electron chi connectivity index (χ2n) is 2.65. The molecule has 0 atom stereocenters. The van der Waals surface area contributed by atoms with Crippen molar-refractivity contribution >= 4 is 0 Å². The Morgan fingerprint density at radius 1 is 0.733 bits per heavy atom. The van der Waals surface area contributed by atoms with E-state index in [4.69, 9.17) is 0 Å². The largest absolute Gasteiger partial charge is 0.0776 e. The van der Waals surface area contributed by atoms with Crippen LogP contribution in [0.25, 0.3) is 0 Å². The summed E-state index contributed by atoms with van der Waals surface area (Å²) in [4.78, 5) is 0. The normalized spacial score (nSPS) is 6.07. The number of hydrogen-bond donors (Lipinski definition) is 0. The van der Waals surface area contributed by atoms with Crippen molar-refractivity contribution in [2.75, 3.05) is 0 Å². The van der Waals surface area contributed by atoms with Crippen molar-refractivity contribution in [1.29, 1.82) is 0 Å². The molecular formula is C15H34. The summed E-state index contributed by atoms with van der Waals surface area (Å²) in [6.07, 6.45) is 2.64. The van der Waals surface area contributed by atoms with Crippen LogP contribution in [-0.2, 0) is 0 Å². The van der Waals surface area contributed by atoms with Crippen LogP contribution in [0.1, 0.15) is 62.0 Å². The third kappa shape index (κ3) is 24.6. The lowest BCUT2D eigenvalue weighted by atomic mass is 10.2. The summed E-state index contributed by atoms with van der Waals surface area (Å²) in [5.74, 6) is 0. The van der Waals surface area contributed by atoms with Crippen molar-refractivity contribution in [3.8, 4) is 0 Å². The smallest absolute Gasteiger partial charge is 0.0398 e. The molecule has 0 heterocycles. The SMILES string of the molecule is C.C.C.C.CCCC.Cc1ccccc1. The molecule has 0 radical (unpaired) electrons. The number of benzene rings is 1. The summed E-state index contributed by atoms with van der Waals surface area (Å²) >= 11 is 0. The minimum Gasteiger partial charge on any atom is -0.0776 e. The quantitative estimate of drug-likeness (QED) is 0.511. The van der Waals surface area contributed by atoms with Gasteiger partial charge in [-0.3, -0.25) is 0 Å². The Morgan fingerprint density at radius 2 is 1.07 bits per heavy atom. The van der Waals surface area contributed by atoms with Crippen molar-refractivity contribution < 1.29 is 0 Å². The minimum absolute atomic E-state index is 0. The first-order valence-corrected chi connectivity index (χ1v) is 4.32. The fourth-order valence-corrected chi connectivity index (χ4v) is 0.534. The van der Waals surface area contributed by atoms with E-state index in [9.17, 15) is 0 Å². The second kappa shape index (κ2) is 23.2. The maximum absolute atomic E-state index is 2.18. The third-order valence-electron chi connectivity index (χ3n) is 1.44. The average molecular weight is 214 g/mol. The van der Waals surface area contributed by atoms with Gasteiger partial charge >= 0.3 is 0 Å². The number of unbranched alkanes of at least 4 members (excludes halogenated alkanes) is 1. The van der Waals surface area contributed by atoms with E-state index < -0.39 is 0 Å². The highest BCUT2D eigenvalue weighted by Gasteiger charge is 1.72. The molecule has 1 aromatic rings. The van der Waals surface area contributed by atoms with Gasteiger partial charge in [0.1, 0.15) is 0 Å². The van der Waals surface area contributed by atoms with Gasteiger partial charge in [-0.2, -0.15) is 0 Å². The van der Waals surface area contributed by atoms with Gasteiger partial charge in [0.05, 0.1) is 0 Å². The van der Waals surface area contributed by atoms with E-state index in [2.05, 4.69) is 32.9 Å². The van der Waals surface area contributed by atoms with Gasteiger partial charge in [-0.15, -0.1) is 0 Å². The van der Waals surface area contributed by atoms with Gasteiger partial charge in [-0.25, -0.2) is 0 Å². The Kier molecular flexibility index (Phi) is 45.3. The highest BCUT2D eigenvalue weighted by atomic mass is 13.8. The summed E-state index contributed by atoms with van der Waals surface area (Å²) in [7, 11) is 0. The zero-order chi connectivity index (χ0) is 8.53. The monoisotopic (exact) mass is 214 g/mol. The van der Waals surface area contributed by atoms with Crippen molar-refractivity contribution in [3.63, 3.8) is 0 Å². The van der Waals surface area contributed by atoms with Gasteiger partial charge in [0.2, 0.25) is 0 Å². The highest BCUT2D eigenvalue weighted by molar-refractivity contribution is 5.11. The molecule has 0 nitrogen and oxygen atoms in total. The van der Waals surface area contributed by atoms with Crippen LogP contribution in [-0.4, -0.2) is 0 Å². The van der Waals surface area contributed by atoms with Crippen molar-refractivity contribution in [1.82, 2.24) is 0 Å². The van der Waals surface area contributed by atoms with Crippen LogP contribution in [0.4, 0.5) is 0 Å². The molecule has 0 aromatic heterocycles. The molecule has 0 saturated heterocycles. The highest BCUT2D eigenvalue weighted by Crippen LogP contribution is 1.92. The van der Waals surface area contributed by atoms with Gasteiger partial charge in [0, 0.05) is 0 Å². The lowest BCUT2D eigenvalue weighted by Crippen LogP contribution is -1.62. The van der Waals surface area contributed by atoms with Gasteiger partial charge in [-0.05, 0) is 6.92 Å². The average Bonchev–Trinajstić information content (AvgIpc) is 2.07. The van der Waals surface area contributed by atoms with E-state index in [-0.39, 0.29) is 29.7 Å². The molecule has 0 bridgehead atoms. The fraction of sp³-hybridized carbons (Fsp3) is 0.600. The van der Waals surface area contributed by atoms with E-state index in [0.717, 1.165) is 0 Å². The first-order chi connectivity index (χ1) is 5.31. The zero-order valence-electron chi connectivity index (χ0n) is 7.80. The van der Waals surface area contributed by atoms with Crippen molar-refractivity contribution in [2.45, 2.75) is 63.3 Å². The molecule has 15 heavy (non-hydrogen) atoms. The molecule has 0 saturated carbocycles. The Labute approximate surface area is 99.7 Å². The predicted molar refractivity (Wildman–Crippen MR) is 78.7 cm³/mol. The minimum atomic E-state index is 0. The molecule has 1 rings (SSSR count). The molecule has 0 amide bonds. The van der Waals surface area contributed by atoms with E-state index >= 15 is 0 Å². The molecule has 0 aliphatic rings. The van der Waals surface area contributed by atoms with Crippen LogP contribution in [0.2, 0.25) is 0 Å². The summed E-state index contributed by atoms with van der Waals surface area (Å²) < 4.78 is 0. The molecule has 1 aromatic carbocycles. The number of aryl methyl sites for hydroxylation is 1. The Balaban J connectivity index is -0.0000000383. The van der Waals surface area contributed by atoms with Gasteiger partial charge < -0.3 is 0 Å². The lowest BCUT2D eigenvalue weighted by molar-refractivity contribution is 0.886. The van der Waals surface area contributed by atoms with Gasteiger partial charge in [0.25, 0.3) is 0 Å². The zero-order valence-corrected chi connectivity index (χ0v) is 7.80. The summed E-state index contributed by atoms with van der Waals surface area (Å²) in [6.45, 7) is 6.44. The molecule has 0 aliphatic heterocycles. The Hall–Kier alpha value is -0.780. The second-order valence-corrected chi connectivity index (χ2v) is 2.65. The van der Waals surface area contributed by atoms with Crippen molar-refractivity contribution in [3.05, 3.63) is 35.9 Å². The van der Waals surface area contributed by atoms with Crippen LogP contribution < -0.4 is 0 Å². The number of rotatable bonds is 1. The molecule has 0 N–H and O–H groups in total. The van der Waals surface area contributed by atoms with Crippen LogP contribution in [0.3, 0.4) is 0 Å². The van der Waals surface area contributed by atoms with E-state index in [1.165, 1.54) is 18.4 Å². The maximum atomic E-state index is 2.18. The fourth-order valence-electron chi connectivity index (χ4n) is 0.534. The lowest BCUT2D eigenvalue weighted by Gasteiger charge is -1.82. The Bertz CT molecular complexity index is 151. The topological polar surface area (TPSA) is 0 Å². The summed E-state index contributed by atoms with van der Waals surface area (Å²) in [5, 5.41) is 0. The summed E-state index contributed by atoms with van der Waals surface area (Å²) in [5.41, 5.74) is 1.32. The molecule has 0 aliphatic carbocycles. The van der Waals surface area contributed by atoms with Crippen LogP contribution >= 0.6 is 0 Å². The molecule has 0 fully saturated rings. The van der Waals surface area contributed by atoms with E-state index in [1.807, 2.05) is 18.2 Å².